The van der Waals surface area contributed by atoms with Crippen molar-refractivity contribution in [2.45, 2.75) is 44.6 Å². The van der Waals surface area contributed by atoms with Gasteiger partial charge in [0.05, 0.1) is 0 Å². The average molecular weight is 310 g/mol. The molecule has 2 aromatic rings. The van der Waals surface area contributed by atoms with Gasteiger partial charge < -0.3 is 4.90 Å². The molecule has 1 saturated heterocycles. The first-order valence-electron chi connectivity index (χ1n) is 8.58. The summed E-state index contributed by atoms with van der Waals surface area (Å²) in [5.74, 6) is 1.68. The van der Waals surface area contributed by atoms with E-state index in [0.717, 1.165) is 56.6 Å². The van der Waals surface area contributed by atoms with Gasteiger partial charge in [0.2, 0.25) is 5.91 Å². The van der Waals surface area contributed by atoms with Gasteiger partial charge in [0.25, 0.3) is 0 Å². The summed E-state index contributed by atoms with van der Waals surface area (Å²) in [6.07, 6.45) is 8.03. The van der Waals surface area contributed by atoms with E-state index in [-0.39, 0.29) is 0 Å². The summed E-state index contributed by atoms with van der Waals surface area (Å²) >= 11 is 0. The fraction of sp³-hybridized carbons (Fsp3) is 0.500. The molecule has 4 rings (SSSR count). The lowest BCUT2D eigenvalue weighted by Crippen LogP contribution is -2.36. The molecule has 2 heterocycles. The van der Waals surface area contributed by atoms with Crippen molar-refractivity contribution in [3.05, 3.63) is 42.5 Å². The first kappa shape index (κ1) is 14.4. The van der Waals surface area contributed by atoms with E-state index >= 15 is 0 Å². The van der Waals surface area contributed by atoms with Gasteiger partial charge in [-0.2, -0.15) is 0 Å². The second-order valence-electron chi connectivity index (χ2n) is 6.59. The molecular formula is C18H22N4O. The largest absolute Gasteiger partial charge is 0.339 e. The van der Waals surface area contributed by atoms with Gasteiger partial charge in [-0.25, -0.2) is 0 Å². The Morgan fingerprint density at radius 3 is 2.78 bits per heavy atom. The van der Waals surface area contributed by atoms with Crippen molar-refractivity contribution in [2.75, 3.05) is 6.54 Å². The van der Waals surface area contributed by atoms with Gasteiger partial charge in [-0.1, -0.05) is 18.2 Å². The highest BCUT2D eigenvalue weighted by molar-refractivity contribution is 5.81. The summed E-state index contributed by atoms with van der Waals surface area (Å²) in [7, 11) is 0. The fourth-order valence-electron chi connectivity index (χ4n) is 3.52. The number of carbonyl (C=O) groups is 1. The predicted octanol–water partition coefficient (Wildman–Crippen LogP) is 2.60. The Balaban J connectivity index is 1.43. The van der Waals surface area contributed by atoms with Crippen LogP contribution in [0.3, 0.4) is 0 Å². The topological polar surface area (TPSA) is 51.0 Å². The molecule has 0 radical (unpaired) electrons. The zero-order chi connectivity index (χ0) is 15.6. The van der Waals surface area contributed by atoms with Crippen molar-refractivity contribution in [1.82, 2.24) is 19.7 Å². The average Bonchev–Trinajstić information content (AvgIpc) is 3.15. The molecule has 1 atom stereocenters. The molecule has 2 aliphatic rings. The summed E-state index contributed by atoms with van der Waals surface area (Å²) in [5.41, 5.74) is 1.09. The van der Waals surface area contributed by atoms with Crippen LogP contribution < -0.4 is 0 Å². The quantitative estimate of drug-likeness (QED) is 0.853. The third-order valence-corrected chi connectivity index (χ3v) is 4.94. The van der Waals surface area contributed by atoms with Gasteiger partial charge in [0, 0.05) is 30.6 Å². The van der Waals surface area contributed by atoms with Crippen LogP contribution in [0.1, 0.15) is 37.9 Å². The van der Waals surface area contributed by atoms with Crippen molar-refractivity contribution < 1.29 is 4.79 Å². The molecule has 0 spiro atoms. The Hall–Kier alpha value is -2.17. The van der Waals surface area contributed by atoms with Crippen molar-refractivity contribution in [3.8, 4) is 5.69 Å². The number of rotatable bonds is 5. The van der Waals surface area contributed by atoms with Crippen molar-refractivity contribution in [1.29, 1.82) is 0 Å². The van der Waals surface area contributed by atoms with E-state index in [1.807, 2.05) is 22.8 Å². The molecule has 0 N–H and O–H groups in total. The zero-order valence-corrected chi connectivity index (χ0v) is 13.3. The molecule has 1 aromatic heterocycles. The number of aryl methyl sites for hydroxylation is 1. The number of hydrogen-bond acceptors (Lipinski definition) is 3. The molecule has 1 unspecified atom stereocenters. The molecule has 2 fully saturated rings. The van der Waals surface area contributed by atoms with Gasteiger partial charge in [-0.05, 0) is 44.2 Å². The number of likely N-dealkylation sites (tertiary alicyclic amines) is 1. The summed E-state index contributed by atoms with van der Waals surface area (Å²) in [4.78, 5) is 14.5. The molecule has 1 amide bonds. The standard InChI is InChI=1S/C18H22N4O/c23-18(14-8-9-14)21-12-4-7-16(21)10-11-17-20-19-13-22(17)15-5-2-1-3-6-15/h1-3,5-6,13-14,16H,4,7-12H2. The van der Waals surface area contributed by atoms with E-state index in [4.69, 9.17) is 0 Å². The van der Waals surface area contributed by atoms with Crippen molar-refractivity contribution in [3.63, 3.8) is 0 Å². The third kappa shape index (κ3) is 3.00. The number of nitrogens with zero attached hydrogens (tertiary/aromatic N) is 4. The molecule has 1 saturated carbocycles. The zero-order valence-electron chi connectivity index (χ0n) is 13.3. The Labute approximate surface area is 136 Å². The molecule has 1 aliphatic heterocycles. The lowest BCUT2D eigenvalue weighted by atomic mass is 10.1. The molecule has 23 heavy (non-hydrogen) atoms. The molecule has 5 heteroatoms. The molecular weight excluding hydrogens is 288 g/mol. The smallest absolute Gasteiger partial charge is 0.225 e. The van der Waals surface area contributed by atoms with Gasteiger partial charge in [-0.15, -0.1) is 10.2 Å². The fourth-order valence-corrected chi connectivity index (χ4v) is 3.52. The monoisotopic (exact) mass is 310 g/mol. The lowest BCUT2D eigenvalue weighted by molar-refractivity contribution is -0.133. The SMILES string of the molecule is O=C(C1CC1)N1CCCC1CCc1nncn1-c1ccccc1. The summed E-state index contributed by atoms with van der Waals surface area (Å²) in [6.45, 7) is 0.936. The summed E-state index contributed by atoms with van der Waals surface area (Å²) < 4.78 is 2.04. The first-order valence-corrected chi connectivity index (χ1v) is 8.58. The minimum atomic E-state index is 0.323. The van der Waals surface area contributed by atoms with E-state index in [2.05, 4.69) is 27.2 Å². The third-order valence-electron chi connectivity index (χ3n) is 4.94. The van der Waals surface area contributed by atoms with Crippen LogP contribution in [0.5, 0.6) is 0 Å². The van der Waals surface area contributed by atoms with Crippen LogP contribution in [0.2, 0.25) is 0 Å². The molecule has 1 aromatic carbocycles. The number of aromatic nitrogens is 3. The number of benzene rings is 1. The highest BCUT2D eigenvalue weighted by Gasteiger charge is 2.38. The van der Waals surface area contributed by atoms with Crippen molar-refractivity contribution >= 4 is 5.91 Å². The Morgan fingerprint density at radius 2 is 2.00 bits per heavy atom. The van der Waals surface area contributed by atoms with Crippen LogP contribution >= 0.6 is 0 Å². The van der Waals surface area contributed by atoms with Gasteiger partial charge in [0.1, 0.15) is 12.2 Å². The van der Waals surface area contributed by atoms with E-state index < -0.39 is 0 Å². The maximum atomic E-state index is 12.4. The van der Waals surface area contributed by atoms with Gasteiger partial charge in [-0.3, -0.25) is 9.36 Å². The van der Waals surface area contributed by atoms with Crippen LogP contribution in [-0.4, -0.2) is 38.2 Å². The maximum absolute atomic E-state index is 12.4. The Kier molecular flexibility index (Phi) is 3.85. The van der Waals surface area contributed by atoms with Crippen molar-refractivity contribution in [2.24, 2.45) is 5.92 Å². The molecule has 0 bridgehead atoms. The van der Waals surface area contributed by atoms with Gasteiger partial charge >= 0.3 is 0 Å². The van der Waals surface area contributed by atoms with E-state index in [9.17, 15) is 4.79 Å². The Bertz CT molecular complexity index is 677. The van der Waals surface area contributed by atoms with E-state index in [0.29, 0.717) is 17.9 Å². The van der Waals surface area contributed by atoms with Gasteiger partial charge in [0.15, 0.2) is 0 Å². The summed E-state index contributed by atoms with van der Waals surface area (Å²) in [6, 6.07) is 10.5. The second kappa shape index (κ2) is 6.14. The highest BCUT2D eigenvalue weighted by atomic mass is 16.2. The van der Waals surface area contributed by atoms with E-state index in [1.165, 1.54) is 0 Å². The normalized spacial score (nSPS) is 20.9. The van der Waals surface area contributed by atoms with Crippen LogP contribution in [0.4, 0.5) is 0 Å². The van der Waals surface area contributed by atoms with Crippen LogP contribution in [0.15, 0.2) is 36.7 Å². The number of amides is 1. The minimum Gasteiger partial charge on any atom is -0.339 e. The summed E-state index contributed by atoms with van der Waals surface area (Å²) in [5, 5.41) is 8.35. The van der Waals surface area contributed by atoms with E-state index in [1.54, 1.807) is 6.33 Å². The number of hydrogen-bond donors (Lipinski definition) is 0. The highest BCUT2D eigenvalue weighted by Crippen LogP contribution is 2.34. The Morgan fingerprint density at radius 1 is 1.17 bits per heavy atom. The second-order valence-corrected chi connectivity index (χ2v) is 6.59. The van der Waals surface area contributed by atoms with Crippen LogP contribution in [0, 0.1) is 5.92 Å². The molecule has 5 nitrogen and oxygen atoms in total. The minimum absolute atomic E-state index is 0.323. The predicted molar refractivity (Wildman–Crippen MR) is 87.1 cm³/mol. The van der Waals surface area contributed by atoms with Crippen LogP contribution in [0.25, 0.3) is 5.69 Å². The number of carbonyl (C=O) groups excluding carboxylic acids is 1. The van der Waals surface area contributed by atoms with Crippen LogP contribution in [-0.2, 0) is 11.2 Å². The molecule has 120 valence electrons. The lowest BCUT2D eigenvalue weighted by Gasteiger charge is -2.24. The first-order chi connectivity index (χ1) is 11.3. The number of para-hydroxylation sites is 1. The maximum Gasteiger partial charge on any atom is 0.225 e. The molecule has 1 aliphatic carbocycles.